The number of anilines is 4. The van der Waals surface area contributed by atoms with Crippen LogP contribution in [0.4, 0.5) is 22.7 Å². The molecule has 0 fully saturated rings. The van der Waals surface area contributed by atoms with Crippen LogP contribution in [0.15, 0.2) is 219 Å². The zero-order valence-electron chi connectivity index (χ0n) is 52.0. The van der Waals surface area contributed by atoms with Gasteiger partial charge in [0.25, 0.3) is 0 Å². The second-order valence-electron chi connectivity index (χ2n) is 27.9. The van der Waals surface area contributed by atoms with Crippen LogP contribution < -0.4 is 9.80 Å². The zero-order chi connectivity index (χ0) is 59.1. The topological polar surface area (TPSA) is 24.3 Å². The number of para-hydroxylation sites is 2. The van der Waals surface area contributed by atoms with Crippen LogP contribution >= 0.6 is 0 Å². The first-order chi connectivity index (χ1) is 39.9. The molecule has 11 aromatic rings. The minimum absolute atomic E-state index is 0. The molecular formula is C80H79N4Pt-3. The number of fused-ring (bicyclic) bond motifs is 4. The summed E-state index contributed by atoms with van der Waals surface area (Å²) in [5.41, 5.74) is 19.0. The third kappa shape index (κ3) is 10.8. The van der Waals surface area contributed by atoms with Crippen LogP contribution in [0.1, 0.15) is 153 Å². The van der Waals surface area contributed by atoms with E-state index in [1.807, 2.05) is 6.20 Å². The molecule has 4 nitrogen and oxygen atoms in total. The van der Waals surface area contributed by atoms with Crippen molar-refractivity contribution in [1.29, 1.82) is 0 Å². The van der Waals surface area contributed by atoms with Gasteiger partial charge in [0, 0.05) is 60.7 Å². The van der Waals surface area contributed by atoms with Gasteiger partial charge in [-0.3, -0.25) is 0 Å². The number of hydrogen-bond acceptors (Lipinski definition) is 3. The Balaban J connectivity index is 0.00000752. The molecule has 0 saturated heterocycles. The Morgan fingerprint density at radius 3 is 1.46 bits per heavy atom. The monoisotopic (exact) mass is 1290 g/mol. The van der Waals surface area contributed by atoms with Crippen LogP contribution in [0.25, 0.3) is 38.8 Å². The fraction of sp³-hybridized carbons (Fsp3) is 0.250. The summed E-state index contributed by atoms with van der Waals surface area (Å²) in [6.07, 6.45) is 1.98. The van der Waals surface area contributed by atoms with Gasteiger partial charge in [0.15, 0.2) is 0 Å². The van der Waals surface area contributed by atoms with E-state index in [1.165, 1.54) is 38.9 Å². The van der Waals surface area contributed by atoms with Crippen molar-refractivity contribution < 1.29 is 21.1 Å². The maximum Gasteiger partial charge on any atom is 0.135 e. The van der Waals surface area contributed by atoms with Crippen molar-refractivity contribution >= 4 is 44.6 Å². The molecule has 1 aliphatic heterocycles. The molecule has 85 heavy (non-hydrogen) atoms. The Morgan fingerprint density at radius 1 is 0.376 bits per heavy atom. The molecule has 3 heterocycles. The van der Waals surface area contributed by atoms with Gasteiger partial charge in [-0.25, -0.2) is 4.98 Å². The molecule has 0 spiro atoms. The first-order valence-electron chi connectivity index (χ1n) is 29.9. The Labute approximate surface area is 520 Å². The van der Waals surface area contributed by atoms with Crippen LogP contribution in [0.5, 0.6) is 0 Å². The van der Waals surface area contributed by atoms with Crippen molar-refractivity contribution in [2.75, 3.05) is 9.80 Å². The number of hydrogen-bond donors (Lipinski definition) is 0. The largest absolute Gasteiger partial charge is 0.493 e. The second kappa shape index (κ2) is 21.9. The van der Waals surface area contributed by atoms with E-state index >= 15 is 0 Å². The molecule has 0 aliphatic carbocycles. The van der Waals surface area contributed by atoms with E-state index in [1.54, 1.807) is 0 Å². The summed E-state index contributed by atoms with van der Waals surface area (Å²) in [5, 5.41) is 2.25. The van der Waals surface area contributed by atoms with Crippen LogP contribution in [0.2, 0.25) is 0 Å². The molecule has 9 aromatic carbocycles. The van der Waals surface area contributed by atoms with Crippen LogP contribution in [0, 0.1) is 18.8 Å². The van der Waals surface area contributed by atoms with Crippen LogP contribution in [-0.2, 0) is 53.6 Å². The van der Waals surface area contributed by atoms with Gasteiger partial charge in [-0.05, 0) is 120 Å². The number of benzene rings is 9. The van der Waals surface area contributed by atoms with E-state index in [0.29, 0.717) is 0 Å². The quantitative estimate of drug-likeness (QED) is 0.101. The molecule has 0 bridgehead atoms. The molecule has 0 N–H and O–H groups in total. The average Bonchev–Trinajstić information content (AvgIpc) is 1.84. The van der Waals surface area contributed by atoms with Gasteiger partial charge in [0.1, 0.15) is 5.82 Å². The Morgan fingerprint density at radius 2 is 0.894 bits per heavy atom. The predicted molar refractivity (Wildman–Crippen MR) is 355 cm³/mol. The summed E-state index contributed by atoms with van der Waals surface area (Å²) < 4.78 is 2.36. The Kier molecular flexibility index (Phi) is 15.2. The summed E-state index contributed by atoms with van der Waals surface area (Å²) in [4.78, 5) is 10.0. The average molecular weight is 1290 g/mol. The molecule has 1 aliphatic rings. The van der Waals surface area contributed by atoms with Gasteiger partial charge in [-0.15, -0.1) is 34.9 Å². The fourth-order valence-electron chi connectivity index (χ4n) is 12.4. The molecule has 0 amide bonds. The van der Waals surface area contributed by atoms with Gasteiger partial charge in [0.2, 0.25) is 0 Å². The van der Waals surface area contributed by atoms with E-state index in [-0.39, 0.29) is 48.1 Å². The first kappa shape index (κ1) is 59.0. The fourth-order valence-corrected chi connectivity index (χ4v) is 12.4. The van der Waals surface area contributed by atoms with Crippen LogP contribution in [-0.4, -0.2) is 9.55 Å². The van der Waals surface area contributed by atoms with E-state index < -0.39 is 5.41 Å². The Hall–Kier alpha value is -7.78. The van der Waals surface area contributed by atoms with Crippen molar-refractivity contribution in [3.05, 3.63) is 293 Å². The molecule has 0 atom stereocenters. The number of aromatic nitrogens is 2. The third-order valence-electron chi connectivity index (χ3n) is 17.7. The number of nitrogens with zero attached hydrogens (tertiary/aromatic N) is 4. The summed E-state index contributed by atoms with van der Waals surface area (Å²) in [6.45, 7) is 34.6. The zero-order valence-corrected chi connectivity index (χ0v) is 54.2. The standard InChI is InChI=1S/C80H79N4.Pt/c1-75(2,3)56-37-34-54(35-38-56)55-36-41-70-69(44-55)68-40-39-61(51-73(68)84(70)74-52-60(42-43-81-74)79(13,14)57-26-18-15-19-27-57)80(58-28-20-16-21-29-58,59-30-22-17-23-31-59)65-46-64(78(10,11)12)49-67(50-65)83-53-82(71-32-24-25-33-72(71)83)66-47-62(76(4,5)6)45-63(48-66)77(7,8)9;/h15-49,52-53H,1-14H3;/q-3;. The number of pyridine rings is 1. The third-order valence-corrected chi connectivity index (χ3v) is 17.7. The molecular weight excluding hydrogens is 1210 g/mol. The summed E-state index contributed by atoms with van der Waals surface area (Å²) in [6, 6.07) is 87.4. The van der Waals surface area contributed by atoms with Gasteiger partial charge in [0.05, 0.1) is 0 Å². The number of rotatable bonds is 10. The van der Waals surface area contributed by atoms with Crippen molar-refractivity contribution in [2.24, 2.45) is 0 Å². The van der Waals surface area contributed by atoms with Gasteiger partial charge < -0.3 is 14.4 Å². The van der Waals surface area contributed by atoms with Crippen molar-refractivity contribution in [3.63, 3.8) is 0 Å². The normalized spacial score (nSPS) is 13.3. The first-order valence-corrected chi connectivity index (χ1v) is 29.9. The van der Waals surface area contributed by atoms with Crippen molar-refractivity contribution in [3.8, 4) is 16.9 Å². The molecule has 0 unspecified atom stereocenters. The molecule has 12 rings (SSSR count). The molecule has 5 heteroatoms. The maximum absolute atomic E-state index is 5.27. The van der Waals surface area contributed by atoms with Crippen LogP contribution in [0.3, 0.4) is 0 Å². The minimum atomic E-state index is -0.917. The molecule has 0 saturated carbocycles. The van der Waals surface area contributed by atoms with E-state index in [0.717, 1.165) is 78.2 Å². The van der Waals surface area contributed by atoms with Crippen molar-refractivity contribution in [1.82, 2.24) is 9.55 Å². The molecule has 432 valence electrons. The summed E-state index contributed by atoms with van der Waals surface area (Å²) in [7, 11) is 0. The van der Waals surface area contributed by atoms with Gasteiger partial charge >= 0.3 is 0 Å². The Bertz CT molecular complexity index is 4150. The molecule has 2 aromatic heterocycles. The maximum atomic E-state index is 5.27. The van der Waals surface area contributed by atoms with Gasteiger partial charge in [-0.2, -0.15) is 35.9 Å². The minimum Gasteiger partial charge on any atom is -0.493 e. The second-order valence-corrected chi connectivity index (χ2v) is 27.9. The van der Waals surface area contributed by atoms with E-state index in [2.05, 4.69) is 342 Å². The smallest absolute Gasteiger partial charge is 0.135 e. The van der Waals surface area contributed by atoms with Crippen molar-refractivity contribution in [2.45, 2.75) is 129 Å². The summed E-state index contributed by atoms with van der Waals surface area (Å²) >= 11 is 0. The SMILES string of the molecule is CC(C)(C)c1ccc(-c2ccc3c(c2)c2ccc(C(c4[c-]c(N5[CH-]N(c6cc(C(C)(C)C)cc(C(C)(C)C)c6)c6ccccc65)cc(C(C)(C)C)c4)(c4ccccc4)c4ccccc4)[c-]c2n3-c2cc(C(C)(C)c3ccccc3)ccn2)cc1.[Pt]. The van der Waals surface area contributed by atoms with Gasteiger partial charge in [-0.1, -0.05) is 248 Å². The van der Waals surface area contributed by atoms with E-state index in [4.69, 9.17) is 4.98 Å². The summed E-state index contributed by atoms with van der Waals surface area (Å²) in [5.74, 6) is 0.844. The van der Waals surface area contributed by atoms with E-state index in [9.17, 15) is 0 Å². The molecule has 0 radical (unpaired) electrons. The predicted octanol–water partition coefficient (Wildman–Crippen LogP) is 20.8.